The molecule has 1 aliphatic rings. The molecule has 1 aliphatic carbocycles. The van der Waals surface area contributed by atoms with Gasteiger partial charge in [0.1, 0.15) is 0 Å². The molecule has 1 N–H and O–H groups in total. The maximum absolute atomic E-state index is 5.11. The Morgan fingerprint density at radius 2 is 2.29 bits per heavy atom. The summed E-state index contributed by atoms with van der Waals surface area (Å²) >= 11 is 0. The van der Waals surface area contributed by atoms with Gasteiger partial charge in [-0.25, -0.2) is 0 Å². The van der Waals surface area contributed by atoms with E-state index >= 15 is 0 Å². The van der Waals surface area contributed by atoms with Gasteiger partial charge in [0.25, 0.3) is 0 Å². The number of nitrogens with zero attached hydrogens (tertiary/aromatic N) is 2. The molecule has 1 heterocycles. The van der Waals surface area contributed by atoms with Gasteiger partial charge in [-0.2, -0.15) is 5.10 Å². The second-order valence-electron chi connectivity index (χ2n) is 6.82. The van der Waals surface area contributed by atoms with Crippen molar-refractivity contribution >= 4 is 0 Å². The van der Waals surface area contributed by atoms with Crippen LogP contribution in [0.3, 0.4) is 0 Å². The summed E-state index contributed by atoms with van der Waals surface area (Å²) in [6, 6.07) is 2.69. The zero-order valence-electron chi connectivity index (χ0n) is 14.1. The quantitative estimate of drug-likeness (QED) is 0.674. The molecule has 0 aromatic carbocycles. The van der Waals surface area contributed by atoms with Crippen molar-refractivity contribution in [3.8, 4) is 0 Å². The van der Waals surface area contributed by atoms with Crippen LogP contribution in [-0.2, 0) is 11.2 Å². The molecule has 4 heteroatoms. The van der Waals surface area contributed by atoms with Gasteiger partial charge in [0, 0.05) is 32.4 Å². The molecule has 1 fully saturated rings. The molecule has 0 bridgehead atoms. The number of aromatic nitrogens is 2. The predicted octanol–water partition coefficient (Wildman–Crippen LogP) is 3.05. The minimum atomic E-state index is 0.322. The van der Waals surface area contributed by atoms with E-state index in [1.165, 1.54) is 18.5 Å². The zero-order chi connectivity index (χ0) is 15.3. The van der Waals surface area contributed by atoms with Gasteiger partial charge < -0.3 is 10.1 Å². The molecule has 2 unspecified atom stereocenters. The Morgan fingerprint density at radius 1 is 1.52 bits per heavy atom. The third-order valence-corrected chi connectivity index (χ3v) is 4.87. The molecule has 21 heavy (non-hydrogen) atoms. The van der Waals surface area contributed by atoms with Gasteiger partial charge in [-0.05, 0) is 50.0 Å². The first-order valence-electron chi connectivity index (χ1n) is 8.32. The van der Waals surface area contributed by atoms with Gasteiger partial charge in [-0.1, -0.05) is 13.8 Å². The molecule has 1 aromatic rings. The summed E-state index contributed by atoms with van der Waals surface area (Å²) in [6.07, 6.45) is 7.07. The van der Waals surface area contributed by atoms with Crippen molar-refractivity contribution in [2.45, 2.75) is 52.5 Å². The molecule has 1 saturated carbocycles. The Morgan fingerprint density at radius 3 is 2.90 bits per heavy atom. The first-order chi connectivity index (χ1) is 10.1. The van der Waals surface area contributed by atoms with E-state index in [2.05, 4.69) is 43.0 Å². The Balaban J connectivity index is 1.94. The highest BCUT2D eigenvalue weighted by Crippen LogP contribution is 2.46. The Kier molecular flexibility index (Phi) is 5.82. The predicted molar refractivity (Wildman–Crippen MR) is 86.5 cm³/mol. The van der Waals surface area contributed by atoms with Crippen molar-refractivity contribution in [2.75, 3.05) is 26.8 Å². The lowest BCUT2D eigenvalue weighted by Gasteiger charge is -2.29. The van der Waals surface area contributed by atoms with Gasteiger partial charge in [-0.3, -0.25) is 4.68 Å². The van der Waals surface area contributed by atoms with E-state index in [-0.39, 0.29) is 0 Å². The van der Waals surface area contributed by atoms with Gasteiger partial charge >= 0.3 is 0 Å². The molecule has 0 saturated heterocycles. The van der Waals surface area contributed by atoms with Crippen molar-refractivity contribution in [2.24, 2.45) is 11.3 Å². The summed E-state index contributed by atoms with van der Waals surface area (Å²) < 4.78 is 7.23. The highest BCUT2D eigenvalue weighted by Gasteiger charge is 2.41. The Bertz CT molecular complexity index is 427. The lowest BCUT2D eigenvalue weighted by molar-refractivity contribution is 0.186. The minimum Gasteiger partial charge on any atom is -0.383 e. The fourth-order valence-corrected chi connectivity index (χ4v) is 3.00. The van der Waals surface area contributed by atoms with E-state index in [0.29, 0.717) is 11.5 Å². The van der Waals surface area contributed by atoms with Crippen LogP contribution in [0, 0.1) is 11.3 Å². The molecular formula is C17H31N3O. The number of methoxy groups -OCH3 is 1. The molecule has 2 atom stereocenters. The van der Waals surface area contributed by atoms with Crippen molar-refractivity contribution in [3.63, 3.8) is 0 Å². The number of hydrogen-bond acceptors (Lipinski definition) is 3. The highest BCUT2D eigenvalue weighted by atomic mass is 16.5. The van der Waals surface area contributed by atoms with Gasteiger partial charge in [0.2, 0.25) is 0 Å². The third-order valence-electron chi connectivity index (χ3n) is 4.87. The molecule has 0 radical (unpaired) electrons. The lowest BCUT2D eigenvalue weighted by Crippen LogP contribution is -2.37. The Hall–Kier alpha value is -0.870. The van der Waals surface area contributed by atoms with Crippen LogP contribution in [-0.4, -0.2) is 36.6 Å². The van der Waals surface area contributed by atoms with Gasteiger partial charge in [0.05, 0.1) is 12.3 Å². The van der Waals surface area contributed by atoms with E-state index < -0.39 is 0 Å². The maximum Gasteiger partial charge on any atom is 0.0630 e. The molecule has 0 aliphatic heterocycles. The number of nitrogens with one attached hydrogen (secondary N) is 1. The van der Waals surface area contributed by atoms with Gasteiger partial charge in [0.15, 0.2) is 0 Å². The molecule has 2 rings (SSSR count). The van der Waals surface area contributed by atoms with Crippen LogP contribution in [0.25, 0.3) is 0 Å². The molecular weight excluding hydrogens is 262 g/mol. The second kappa shape index (κ2) is 7.41. The summed E-state index contributed by atoms with van der Waals surface area (Å²) in [7, 11) is 1.75. The van der Waals surface area contributed by atoms with Crippen molar-refractivity contribution in [1.29, 1.82) is 0 Å². The van der Waals surface area contributed by atoms with Crippen LogP contribution in [0.1, 0.15) is 51.8 Å². The van der Waals surface area contributed by atoms with E-state index in [1.54, 1.807) is 7.11 Å². The summed E-state index contributed by atoms with van der Waals surface area (Å²) in [6.45, 7) is 9.61. The van der Waals surface area contributed by atoms with Crippen molar-refractivity contribution in [1.82, 2.24) is 15.1 Å². The smallest absolute Gasteiger partial charge is 0.0630 e. The second-order valence-corrected chi connectivity index (χ2v) is 6.82. The first-order valence-corrected chi connectivity index (χ1v) is 8.32. The van der Waals surface area contributed by atoms with Crippen LogP contribution >= 0.6 is 0 Å². The number of ether oxygens (including phenoxy) is 1. The fourth-order valence-electron chi connectivity index (χ4n) is 3.00. The largest absolute Gasteiger partial charge is 0.383 e. The Labute approximate surface area is 129 Å². The summed E-state index contributed by atoms with van der Waals surface area (Å²) in [4.78, 5) is 0. The highest BCUT2D eigenvalue weighted by molar-refractivity contribution is 5.07. The van der Waals surface area contributed by atoms with Gasteiger partial charge in [-0.15, -0.1) is 0 Å². The number of rotatable bonds is 10. The van der Waals surface area contributed by atoms with Crippen LogP contribution in [0.4, 0.5) is 0 Å². The summed E-state index contributed by atoms with van der Waals surface area (Å²) in [5, 5.41) is 8.33. The van der Waals surface area contributed by atoms with Crippen molar-refractivity contribution < 1.29 is 4.74 Å². The number of hydrogen-bond donors (Lipinski definition) is 1. The van der Waals surface area contributed by atoms with Crippen LogP contribution in [0.15, 0.2) is 12.3 Å². The third kappa shape index (κ3) is 4.55. The van der Waals surface area contributed by atoms with E-state index in [1.807, 2.05) is 0 Å². The monoisotopic (exact) mass is 293 g/mol. The minimum absolute atomic E-state index is 0.322. The average molecular weight is 293 g/mol. The molecule has 0 amide bonds. The molecule has 1 aromatic heterocycles. The first kappa shape index (κ1) is 16.5. The normalized spacial score (nSPS) is 19.4. The van der Waals surface area contributed by atoms with Crippen molar-refractivity contribution in [3.05, 3.63) is 18.0 Å². The lowest BCUT2D eigenvalue weighted by atomic mass is 9.80. The topological polar surface area (TPSA) is 39.1 Å². The van der Waals surface area contributed by atoms with E-state index in [0.717, 1.165) is 38.5 Å². The summed E-state index contributed by atoms with van der Waals surface area (Å²) in [5.41, 5.74) is 1.56. The van der Waals surface area contributed by atoms with Crippen LogP contribution in [0.2, 0.25) is 0 Å². The van der Waals surface area contributed by atoms with E-state index in [4.69, 9.17) is 9.84 Å². The molecule has 120 valence electrons. The molecule has 0 spiro atoms. The standard InChI is InChI=1S/C17H31N3O/c1-5-14(2)20-10-8-16(19-20)12-17(3,15-6-7-15)13-18-9-11-21-4/h8,10,14-15,18H,5-7,9,11-13H2,1-4H3. The van der Waals surface area contributed by atoms with E-state index in [9.17, 15) is 0 Å². The molecule has 4 nitrogen and oxygen atoms in total. The summed E-state index contributed by atoms with van der Waals surface area (Å²) in [5.74, 6) is 0.848. The fraction of sp³-hybridized carbons (Fsp3) is 0.824. The zero-order valence-corrected chi connectivity index (χ0v) is 14.1. The maximum atomic E-state index is 5.11. The SMILES string of the molecule is CCC(C)n1ccc(CC(C)(CNCCOC)C2CC2)n1. The van der Waals surface area contributed by atoms with Crippen LogP contribution < -0.4 is 5.32 Å². The average Bonchev–Trinajstić information content (AvgIpc) is 3.25. The van der Waals surface area contributed by atoms with Crippen LogP contribution in [0.5, 0.6) is 0 Å².